The van der Waals surface area contributed by atoms with Crippen LogP contribution >= 0.6 is 0 Å². The van der Waals surface area contributed by atoms with E-state index in [-0.39, 0.29) is 0 Å². The van der Waals surface area contributed by atoms with Crippen LogP contribution in [-0.2, 0) is 6.42 Å². The Hall–Kier alpha value is -2.37. The van der Waals surface area contributed by atoms with Crippen LogP contribution in [0.2, 0.25) is 0 Å². The number of aliphatic imine (C=N–C) groups is 1. The average Bonchev–Trinajstić information content (AvgIpc) is 3.07. The van der Waals surface area contributed by atoms with Gasteiger partial charge in [0.15, 0.2) is 5.96 Å². The summed E-state index contributed by atoms with van der Waals surface area (Å²) >= 11 is 0. The Balaban J connectivity index is 1.59. The molecule has 1 fully saturated rings. The van der Waals surface area contributed by atoms with Gasteiger partial charge in [-0.05, 0) is 38.2 Å². The van der Waals surface area contributed by atoms with Crippen LogP contribution in [0.4, 0.5) is 0 Å². The van der Waals surface area contributed by atoms with Gasteiger partial charge in [-0.25, -0.2) is 0 Å². The van der Waals surface area contributed by atoms with E-state index in [2.05, 4.69) is 20.9 Å². The minimum Gasteiger partial charge on any atom is -0.497 e. The molecule has 1 aromatic heterocycles. The lowest BCUT2D eigenvalue weighted by molar-refractivity contribution is 0.338. The largest absolute Gasteiger partial charge is 0.497 e. The summed E-state index contributed by atoms with van der Waals surface area (Å²) in [7, 11) is 3.34. The highest BCUT2D eigenvalue weighted by Gasteiger charge is 2.12. The molecule has 2 heterocycles. The third kappa shape index (κ3) is 4.18. The second-order valence-electron chi connectivity index (χ2n) is 6.48. The Morgan fingerprint density at radius 1 is 1.16 bits per heavy atom. The van der Waals surface area contributed by atoms with Crippen molar-refractivity contribution in [2.75, 3.05) is 33.9 Å². The first kappa shape index (κ1) is 17.5. The summed E-state index contributed by atoms with van der Waals surface area (Å²) in [6, 6.07) is 6.04. The number of benzene rings is 1. The van der Waals surface area contributed by atoms with E-state index in [4.69, 9.17) is 15.2 Å². The summed E-state index contributed by atoms with van der Waals surface area (Å²) in [5, 5.41) is 1.08. The van der Waals surface area contributed by atoms with Gasteiger partial charge in [0.1, 0.15) is 11.5 Å². The normalized spacial score (nSPS) is 15.6. The number of hydrogen-bond acceptors (Lipinski definition) is 3. The van der Waals surface area contributed by atoms with E-state index in [1.165, 1.54) is 25.0 Å². The van der Waals surface area contributed by atoms with Crippen LogP contribution in [0.1, 0.15) is 31.4 Å². The van der Waals surface area contributed by atoms with Gasteiger partial charge in [-0.3, -0.25) is 4.99 Å². The van der Waals surface area contributed by atoms with Crippen LogP contribution in [0, 0.1) is 0 Å². The first-order valence-electron chi connectivity index (χ1n) is 8.99. The fourth-order valence-electron chi connectivity index (χ4n) is 3.34. The predicted molar refractivity (Wildman–Crippen MR) is 102 cm³/mol. The molecule has 0 radical (unpaired) electrons. The van der Waals surface area contributed by atoms with Crippen LogP contribution < -0.4 is 15.2 Å². The quantitative estimate of drug-likeness (QED) is 0.480. The Labute approximate surface area is 149 Å². The zero-order valence-corrected chi connectivity index (χ0v) is 15.2. The summed E-state index contributed by atoms with van der Waals surface area (Å²) in [5.41, 5.74) is 8.30. The summed E-state index contributed by atoms with van der Waals surface area (Å²) in [4.78, 5) is 10.2. The number of fused-ring (bicyclic) bond motifs is 1. The van der Waals surface area contributed by atoms with Crippen molar-refractivity contribution in [3.8, 4) is 11.5 Å². The molecule has 0 spiro atoms. The van der Waals surface area contributed by atoms with Crippen molar-refractivity contribution < 1.29 is 9.47 Å². The molecule has 25 heavy (non-hydrogen) atoms. The number of piperidine rings is 1. The number of rotatable bonds is 6. The number of aromatic nitrogens is 1. The van der Waals surface area contributed by atoms with Gasteiger partial charge >= 0.3 is 0 Å². The molecule has 136 valence electrons. The van der Waals surface area contributed by atoms with Crippen LogP contribution in [0.25, 0.3) is 10.9 Å². The van der Waals surface area contributed by atoms with E-state index in [9.17, 15) is 0 Å². The van der Waals surface area contributed by atoms with Crippen LogP contribution in [0.3, 0.4) is 0 Å². The van der Waals surface area contributed by atoms with Crippen molar-refractivity contribution in [1.82, 2.24) is 9.88 Å². The molecule has 6 nitrogen and oxygen atoms in total. The molecule has 2 aromatic rings. The first-order chi connectivity index (χ1) is 12.2. The van der Waals surface area contributed by atoms with Gasteiger partial charge in [-0.1, -0.05) is 0 Å². The second kappa shape index (κ2) is 8.14. The van der Waals surface area contributed by atoms with E-state index in [0.29, 0.717) is 5.96 Å². The van der Waals surface area contributed by atoms with Crippen LogP contribution in [-0.4, -0.2) is 49.7 Å². The maximum Gasteiger partial charge on any atom is 0.191 e. The van der Waals surface area contributed by atoms with E-state index in [0.717, 1.165) is 54.9 Å². The van der Waals surface area contributed by atoms with Crippen molar-refractivity contribution in [3.05, 3.63) is 23.9 Å². The molecule has 0 bridgehead atoms. The third-order valence-electron chi connectivity index (χ3n) is 4.74. The van der Waals surface area contributed by atoms with E-state index >= 15 is 0 Å². The molecule has 0 unspecified atom stereocenters. The smallest absolute Gasteiger partial charge is 0.191 e. The van der Waals surface area contributed by atoms with Gasteiger partial charge in [0.05, 0.1) is 19.7 Å². The van der Waals surface area contributed by atoms with E-state index in [1.807, 2.05) is 12.1 Å². The fourth-order valence-corrected chi connectivity index (χ4v) is 3.34. The predicted octanol–water partition coefficient (Wildman–Crippen LogP) is 2.92. The number of hydrogen-bond donors (Lipinski definition) is 2. The molecule has 3 rings (SSSR count). The lowest BCUT2D eigenvalue weighted by atomic mass is 10.1. The third-order valence-corrected chi connectivity index (χ3v) is 4.74. The minimum atomic E-state index is 0.697. The number of ether oxygens (including phenoxy) is 2. The lowest BCUT2D eigenvalue weighted by Gasteiger charge is -2.27. The second-order valence-corrected chi connectivity index (χ2v) is 6.48. The summed E-state index contributed by atoms with van der Waals surface area (Å²) in [5.74, 6) is 2.31. The summed E-state index contributed by atoms with van der Waals surface area (Å²) in [6.07, 6.45) is 5.63. The molecule has 1 saturated heterocycles. The maximum atomic E-state index is 6.10. The number of nitrogens with two attached hydrogens (primary N) is 1. The highest BCUT2D eigenvalue weighted by atomic mass is 16.5. The molecule has 0 aliphatic carbocycles. The van der Waals surface area contributed by atoms with Crippen LogP contribution in [0.5, 0.6) is 11.5 Å². The van der Waals surface area contributed by atoms with Gasteiger partial charge < -0.3 is 25.1 Å². The molecular weight excluding hydrogens is 316 g/mol. The maximum absolute atomic E-state index is 6.10. The number of likely N-dealkylation sites (tertiary alicyclic amines) is 1. The van der Waals surface area contributed by atoms with Crippen molar-refractivity contribution in [3.63, 3.8) is 0 Å². The summed E-state index contributed by atoms with van der Waals surface area (Å²) in [6.45, 7) is 2.83. The number of methoxy groups -OCH3 is 2. The van der Waals surface area contributed by atoms with E-state index < -0.39 is 0 Å². The highest BCUT2D eigenvalue weighted by molar-refractivity contribution is 5.88. The Morgan fingerprint density at radius 3 is 2.68 bits per heavy atom. The number of nitrogens with one attached hydrogen (secondary N) is 1. The molecular formula is C19H28N4O2. The monoisotopic (exact) mass is 344 g/mol. The Bertz CT molecular complexity index is 732. The lowest BCUT2D eigenvalue weighted by Crippen LogP contribution is -2.40. The Morgan fingerprint density at radius 2 is 1.96 bits per heavy atom. The number of nitrogens with zero attached hydrogens (tertiary/aromatic N) is 2. The number of H-pyrrole nitrogens is 1. The minimum absolute atomic E-state index is 0.697. The van der Waals surface area contributed by atoms with Gasteiger partial charge in [-0.15, -0.1) is 0 Å². The first-order valence-corrected chi connectivity index (χ1v) is 8.99. The molecule has 3 N–H and O–H groups in total. The topological polar surface area (TPSA) is 75.9 Å². The molecule has 6 heteroatoms. The number of guanidine groups is 1. The van der Waals surface area contributed by atoms with Crippen molar-refractivity contribution in [2.45, 2.75) is 32.1 Å². The zero-order chi connectivity index (χ0) is 17.6. The van der Waals surface area contributed by atoms with Gasteiger partial charge in [0.25, 0.3) is 0 Å². The van der Waals surface area contributed by atoms with Crippen LogP contribution in [0.15, 0.2) is 23.2 Å². The highest BCUT2D eigenvalue weighted by Crippen LogP contribution is 2.31. The number of aryl methyl sites for hydroxylation is 1. The SMILES string of the molecule is COc1cc(OC)c2cc(CCCN=C(N)N3CCCCC3)[nH]c2c1. The van der Waals surface area contributed by atoms with Gasteiger partial charge in [0.2, 0.25) is 0 Å². The van der Waals surface area contributed by atoms with Crippen molar-refractivity contribution >= 4 is 16.9 Å². The standard InChI is InChI=1S/C19H28N4O2/c1-24-15-12-17-16(18(13-15)25-2)11-14(22-17)7-6-8-21-19(20)23-9-4-3-5-10-23/h11-13,22H,3-10H2,1-2H3,(H2,20,21). The summed E-state index contributed by atoms with van der Waals surface area (Å²) < 4.78 is 10.8. The fraction of sp³-hybridized carbons (Fsp3) is 0.526. The molecule has 1 aromatic carbocycles. The molecule has 1 aliphatic rings. The zero-order valence-electron chi connectivity index (χ0n) is 15.2. The van der Waals surface area contributed by atoms with Gasteiger partial charge in [0, 0.05) is 42.8 Å². The molecule has 1 aliphatic heterocycles. The van der Waals surface area contributed by atoms with Crippen molar-refractivity contribution in [1.29, 1.82) is 0 Å². The Kier molecular flexibility index (Phi) is 5.68. The molecule has 0 amide bonds. The average molecular weight is 344 g/mol. The van der Waals surface area contributed by atoms with E-state index in [1.54, 1.807) is 14.2 Å². The van der Waals surface area contributed by atoms with Crippen molar-refractivity contribution in [2.24, 2.45) is 10.7 Å². The van der Waals surface area contributed by atoms with Gasteiger partial charge in [-0.2, -0.15) is 0 Å². The molecule has 0 saturated carbocycles. The number of aromatic amines is 1. The molecule has 0 atom stereocenters.